The average Bonchev–Trinajstić information content (AvgIpc) is 2.35. The van der Waals surface area contributed by atoms with Crippen molar-refractivity contribution in [3.8, 4) is 0 Å². The second-order valence-corrected chi connectivity index (χ2v) is 4.15. The Morgan fingerprint density at radius 1 is 1.53 bits per heavy atom. The molecule has 0 saturated carbocycles. The van der Waals surface area contributed by atoms with E-state index in [-0.39, 0.29) is 0 Å². The van der Waals surface area contributed by atoms with Gasteiger partial charge in [-0.1, -0.05) is 6.92 Å². The number of nitrogens with two attached hydrogens (primary N) is 2. The fourth-order valence-electron chi connectivity index (χ4n) is 1.55. The van der Waals surface area contributed by atoms with Crippen molar-refractivity contribution >= 4 is 11.7 Å². The summed E-state index contributed by atoms with van der Waals surface area (Å²) in [7, 11) is 0. The monoisotopic (exact) mass is 236 g/mol. The first-order valence-corrected chi connectivity index (χ1v) is 5.79. The van der Waals surface area contributed by atoms with Crippen LogP contribution in [-0.2, 0) is 0 Å². The lowest BCUT2D eigenvalue weighted by Crippen LogP contribution is -2.32. The average molecular weight is 236 g/mol. The maximum absolute atomic E-state index is 10.9. The number of carbonyl (C=O) groups excluding carboxylic acids is 1. The van der Waals surface area contributed by atoms with Gasteiger partial charge in [0.1, 0.15) is 5.82 Å². The number of hydrogen-bond donors (Lipinski definition) is 2. The number of rotatable bonds is 6. The summed E-state index contributed by atoms with van der Waals surface area (Å²) < 4.78 is 0. The third-order valence-corrected chi connectivity index (χ3v) is 2.67. The van der Waals surface area contributed by atoms with Crippen LogP contribution in [0, 0.1) is 5.92 Å². The highest BCUT2D eigenvalue weighted by Gasteiger charge is 2.10. The molecule has 0 aliphatic carbocycles. The van der Waals surface area contributed by atoms with Crippen molar-refractivity contribution in [1.29, 1.82) is 0 Å². The molecule has 1 rings (SSSR count). The lowest BCUT2D eigenvalue weighted by molar-refractivity contribution is 0.1000. The largest absolute Gasteiger partial charge is 0.366 e. The Morgan fingerprint density at radius 3 is 2.65 bits per heavy atom. The minimum Gasteiger partial charge on any atom is -0.366 e. The standard InChI is InChI=1S/C12H20N4O/c1-3-16(8-9(2)6-13)11-5-4-10(7-15-11)12(14)17/h4-5,7,9H,3,6,8,13H2,1-2H3,(H2,14,17). The number of pyridine rings is 1. The topological polar surface area (TPSA) is 85.2 Å². The molecule has 1 heterocycles. The molecule has 4 N–H and O–H groups in total. The summed E-state index contributed by atoms with van der Waals surface area (Å²) in [6.45, 7) is 6.52. The number of aromatic nitrogens is 1. The second-order valence-electron chi connectivity index (χ2n) is 4.15. The van der Waals surface area contributed by atoms with Gasteiger partial charge in [0, 0.05) is 19.3 Å². The number of amides is 1. The van der Waals surface area contributed by atoms with E-state index in [0.29, 0.717) is 18.0 Å². The summed E-state index contributed by atoms with van der Waals surface area (Å²) >= 11 is 0. The Hall–Kier alpha value is -1.62. The maximum atomic E-state index is 10.9. The summed E-state index contributed by atoms with van der Waals surface area (Å²) in [4.78, 5) is 17.3. The number of primary amides is 1. The molecule has 0 aliphatic heterocycles. The molecular formula is C12H20N4O. The molecule has 0 spiro atoms. The summed E-state index contributed by atoms with van der Waals surface area (Å²) in [6.07, 6.45) is 1.51. The van der Waals surface area contributed by atoms with E-state index >= 15 is 0 Å². The quantitative estimate of drug-likeness (QED) is 0.757. The Morgan fingerprint density at radius 2 is 2.24 bits per heavy atom. The molecule has 0 bridgehead atoms. The van der Waals surface area contributed by atoms with Crippen LogP contribution in [0.4, 0.5) is 5.82 Å². The second kappa shape index (κ2) is 6.20. The minimum atomic E-state index is -0.456. The fourth-order valence-corrected chi connectivity index (χ4v) is 1.55. The van der Waals surface area contributed by atoms with Gasteiger partial charge in [-0.2, -0.15) is 0 Å². The number of anilines is 1. The van der Waals surface area contributed by atoms with Gasteiger partial charge in [0.05, 0.1) is 5.56 Å². The highest BCUT2D eigenvalue weighted by molar-refractivity contribution is 5.92. The molecule has 1 aromatic rings. The molecule has 1 atom stereocenters. The highest BCUT2D eigenvalue weighted by atomic mass is 16.1. The van der Waals surface area contributed by atoms with Gasteiger partial charge in [-0.25, -0.2) is 4.98 Å². The van der Waals surface area contributed by atoms with Crippen LogP contribution in [0.15, 0.2) is 18.3 Å². The first-order valence-electron chi connectivity index (χ1n) is 5.79. The van der Waals surface area contributed by atoms with Crippen LogP contribution < -0.4 is 16.4 Å². The normalized spacial score (nSPS) is 12.2. The van der Waals surface area contributed by atoms with Crippen LogP contribution in [-0.4, -0.2) is 30.5 Å². The van der Waals surface area contributed by atoms with E-state index in [1.165, 1.54) is 6.20 Å². The summed E-state index contributed by atoms with van der Waals surface area (Å²) in [6, 6.07) is 3.51. The van der Waals surface area contributed by atoms with E-state index in [0.717, 1.165) is 18.9 Å². The first-order chi connectivity index (χ1) is 8.08. The van der Waals surface area contributed by atoms with Crippen LogP contribution >= 0.6 is 0 Å². The van der Waals surface area contributed by atoms with E-state index in [1.54, 1.807) is 6.07 Å². The molecule has 1 aromatic heterocycles. The fraction of sp³-hybridized carbons (Fsp3) is 0.500. The zero-order chi connectivity index (χ0) is 12.8. The Labute approximate surface area is 102 Å². The minimum absolute atomic E-state index is 0.410. The number of carbonyl (C=O) groups is 1. The Kier molecular flexibility index (Phi) is 4.90. The summed E-state index contributed by atoms with van der Waals surface area (Å²) in [5.41, 5.74) is 11.2. The predicted octanol–water partition coefficient (Wildman–Crippen LogP) is 0.602. The van der Waals surface area contributed by atoms with Gasteiger partial charge in [0.2, 0.25) is 5.91 Å². The highest BCUT2D eigenvalue weighted by Crippen LogP contribution is 2.12. The summed E-state index contributed by atoms with van der Waals surface area (Å²) in [5.74, 6) is 0.799. The molecule has 5 heteroatoms. The van der Waals surface area contributed by atoms with E-state index in [2.05, 4.69) is 23.7 Å². The number of hydrogen-bond acceptors (Lipinski definition) is 4. The van der Waals surface area contributed by atoms with Gasteiger partial charge in [-0.3, -0.25) is 4.79 Å². The van der Waals surface area contributed by atoms with Crippen LogP contribution in [0.5, 0.6) is 0 Å². The van der Waals surface area contributed by atoms with Crippen molar-refractivity contribution < 1.29 is 4.79 Å². The van der Waals surface area contributed by atoms with E-state index in [1.807, 2.05) is 6.07 Å². The van der Waals surface area contributed by atoms with Crippen LogP contribution in [0.3, 0.4) is 0 Å². The Balaban J connectivity index is 2.78. The first kappa shape index (κ1) is 13.4. The maximum Gasteiger partial charge on any atom is 0.250 e. The van der Waals surface area contributed by atoms with Gasteiger partial charge in [0.25, 0.3) is 0 Å². The molecule has 0 aliphatic rings. The number of nitrogens with zero attached hydrogens (tertiary/aromatic N) is 2. The molecule has 0 saturated heterocycles. The predicted molar refractivity (Wildman–Crippen MR) is 68.9 cm³/mol. The third-order valence-electron chi connectivity index (χ3n) is 2.67. The van der Waals surface area contributed by atoms with Crippen molar-refractivity contribution in [3.63, 3.8) is 0 Å². The zero-order valence-corrected chi connectivity index (χ0v) is 10.4. The molecule has 0 fully saturated rings. The van der Waals surface area contributed by atoms with Crippen molar-refractivity contribution in [3.05, 3.63) is 23.9 Å². The molecule has 0 aromatic carbocycles. The van der Waals surface area contributed by atoms with Crippen LogP contribution in [0.1, 0.15) is 24.2 Å². The Bertz CT molecular complexity index is 363. The molecule has 1 unspecified atom stereocenters. The third kappa shape index (κ3) is 3.71. The molecule has 1 amide bonds. The summed E-state index contributed by atoms with van der Waals surface area (Å²) in [5, 5.41) is 0. The molecule has 94 valence electrons. The van der Waals surface area contributed by atoms with Crippen LogP contribution in [0.25, 0.3) is 0 Å². The van der Waals surface area contributed by atoms with Crippen LogP contribution in [0.2, 0.25) is 0 Å². The molecule has 5 nitrogen and oxygen atoms in total. The zero-order valence-electron chi connectivity index (χ0n) is 10.4. The lowest BCUT2D eigenvalue weighted by Gasteiger charge is -2.24. The van der Waals surface area contributed by atoms with E-state index in [9.17, 15) is 4.79 Å². The lowest BCUT2D eigenvalue weighted by atomic mass is 10.1. The van der Waals surface area contributed by atoms with Crippen molar-refractivity contribution in [2.24, 2.45) is 17.4 Å². The van der Waals surface area contributed by atoms with Gasteiger partial charge in [-0.05, 0) is 31.5 Å². The van der Waals surface area contributed by atoms with Gasteiger partial charge >= 0.3 is 0 Å². The van der Waals surface area contributed by atoms with Gasteiger partial charge in [0.15, 0.2) is 0 Å². The van der Waals surface area contributed by atoms with Crippen molar-refractivity contribution in [1.82, 2.24) is 4.98 Å². The van der Waals surface area contributed by atoms with Crippen molar-refractivity contribution in [2.45, 2.75) is 13.8 Å². The molecule has 17 heavy (non-hydrogen) atoms. The SMILES string of the molecule is CCN(CC(C)CN)c1ccc(C(N)=O)cn1. The molecular weight excluding hydrogens is 216 g/mol. The van der Waals surface area contributed by atoms with Crippen molar-refractivity contribution in [2.75, 3.05) is 24.5 Å². The smallest absolute Gasteiger partial charge is 0.250 e. The van der Waals surface area contributed by atoms with Gasteiger partial charge in [-0.15, -0.1) is 0 Å². The van der Waals surface area contributed by atoms with Gasteiger partial charge < -0.3 is 16.4 Å². The molecule has 0 radical (unpaired) electrons. The van der Waals surface area contributed by atoms with E-state index < -0.39 is 5.91 Å². The van der Waals surface area contributed by atoms with E-state index in [4.69, 9.17) is 11.5 Å².